The van der Waals surface area contributed by atoms with Gasteiger partial charge in [-0.3, -0.25) is 14.9 Å². The van der Waals surface area contributed by atoms with E-state index in [-0.39, 0.29) is 11.8 Å². The molecule has 0 saturated heterocycles. The molecule has 0 fully saturated rings. The number of anilines is 1. The molecule has 200 valence electrons. The van der Waals surface area contributed by atoms with Crippen molar-refractivity contribution < 1.29 is 4.79 Å². The number of fused-ring (bicyclic) bond motifs is 2. The number of amides is 1. The molecule has 6 aromatic rings. The molecule has 4 heterocycles. The summed E-state index contributed by atoms with van der Waals surface area (Å²) in [6.45, 7) is 3.94. The number of nitrogens with one attached hydrogen (secondary N) is 1. The van der Waals surface area contributed by atoms with E-state index in [1.807, 2.05) is 68.4 Å². The Kier molecular flexibility index (Phi) is 6.41. The highest BCUT2D eigenvalue weighted by Gasteiger charge is 2.20. The maximum atomic E-state index is 12.5. The molecule has 0 atom stereocenters. The van der Waals surface area contributed by atoms with Crippen LogP contribution in [0, 0.1) is 5.92 Å². The molecular weight excluding hydrogens is 526 g/mol. The van der Waals surface area contributed by atoms with Crippen LogP contribution in [0.5, 0.6) is 0 Å². The van der Waals surface area contributed by atoms with Crippen LogP contribution >= 0.6 is 11.6 Å². The second kappa shape index (κ2) is 10.1. The van der Waals surface area contributed by atoms with Crippen LogP contribution in [0.1, 0.15) is 20.3 Å². The molecule has 6 rings (SSSR count). The molecule has 0 bridgehead atoms. The average molecular weight is 552 g/mol. The number of benzene rings is 2. The highest BCUT2D eigenvalue weighted by Crippen LogP contribution is 2.34. The summed E-state index contributed by atoms with van der Waals surface area (Å²) in [5, 5.41) is 9.99. The molecule has 0 unspecified atom stereocenters. The molecule has 5 N–H and O–H groups in total. The second-order valence-electron chi connectivity index (χ2n) is 9.97. The van der Waals surface area contributed by atoms with E-state index in [1.165, 1.54) is 4.68 Å². The fourth-order valence-corrected chi connectivity index (χ4v) is 4.90. The van der Waals surface area contributed by atoms with Crippen molar-refractivity contribution in [2.45, 2.75) is 20.3 Å². The average Bonchev–Trinajstić information content (AvgIpc) is 3.52. The summed E-state index contributed by atoms with van der Waals surface area (Å²) >= 11 is 6.25. The third-order valence-electron chi connectivity index (χ3n) is 6.67. The number of carbonyl (C=O) groups excluding carboxylic acids is 1. The van der Waals surface area contributed by atoms with Gasteiger partial charge in [-0.15, -0.1) is 0 Å². The minimum atomic E-state index is -0.182. The zero-order chi connectivity index (χ0) is 28.0. The number of aromatic nitrogens is 6. The van der Waals surface area contributed by atoms with Gasteiger partial charge in [-0.1, -0.05) is 49.7 Å². The highest BCUT2D eigenvalue weighted by molar-refractivity contribution is 6.30. The zero-order valence-electron chi connectivity index (χ0n) is 21.8. The minimum absolute atomic E-state index is 0.182. The summed E-state index contributed by atoms with van der Waals surface area (Å²) in [5.74, 6) is 13.1. The van der Waals surface area contributed by atoms with Gasteiger partial charge in [0.15, 0.2) is 11.5 Å². The van der Waals surface area contributed by atoms with E-state index in [9.17, 15) is 4.79 Å². The standard InChI is InChI=1S/C29H26ClN9O/c1-16(2)9-25(40)38(31)21-11-18(13-33-15-21)19-12-23-27(36-37-28(23)34-14-19)29-35-26-22(7-4-8-24(26)39(29)32)17-5-3-6-20(30)10-17/h3-8,10-16H,9,31-32H2,1-2H3,(H,34,36,37). The smallest absolute Gasteiger partial charge is 0.241 e. The Balaban J connectivity index is 1.43. The molecule has 2 aromatic carbocycles. The number of pyridine rings is 2. The highest BCUT2D eigenvalue weighted by atomic mass is 35.5. The number of rotatable bonds is 6. The van der Waals surface area contributed by atoms with Crippen molar-refractivity contribution in [1.29, 1.82) is 0 Å². The van der Waals surface area contributed by atoms with Crippen LogP contribution in [0.25, 0.3) is 55.8 Å². The maximum absolute atomic E-state index is 12.5. The lowest BCUT2D eigenvalue weighted by atomic mass is 10.0. The predicted molar refractivity (Wildman–Crippen MR) is 158 cm³/mol. The van der Waals surface area contributed by atoms with Crippen molar-refractivity contribution in [3.8, 4) is 33.8 Å². The maximum Gasteiger partial charge on any atom is 0.241 e. The Hall–Kier alpha value is -4.80. The fourth-order valence-electron chi connectivity index (χ4n) is 4.71. The Morgan fingerprint density at radius 2 is 1.85 bits per heavy atom. The van der Waals surface area contributed by atoms with E-state index >= 15 is 0 Å². The molecule has 0 aliphatic carbocycles. The molecule has 0 spiro atoms. The van der Waals surface area contributed by atoms with Gasteiger partial charge < -0.3 is 5.84 Å². The zero-order valence-corrected chi connectivity index (χ0v) is 22.6. The van der Waals surface area contributed by atoms with Crippen LogP contribution in [0.2, 0.25) is 5.02 Å². The number of halogens is 1. The van der Waals surface area contributed by atoms with Gasteiger partial charge in [-0.25, -0.2) is 25.5 Å². The van der Waals surface area contributed by atoms with Crippen LogP contribution in [0.15, 0.2) is 73.2 Å². The summed E-state index contributed by atoms with van der Waals surface area (Å²) in [6.07, 6.45) is 5.31. The van der Waals surface area contributed by atoms with Gasteiger partial charge in [0.2, 0.25) is 5.91 Å². The molecule has 40 heavy (non-hydrogen) atoms. The van der Waals surface area contributed by atoms with Crippen molar-refractivity contribution in [2.75, 3.05) is 10.9 Å². The van der Waals surface area contributed by atoms with Gasteiger partial charge in [0.25, 0.3) is 0 Å². The van der Waals surface area contributed by atoms with Gasteiger partial charge in [0.1, 0.15) is 5.69 Å². The van der Waals surface area contributed by atoms with Crippen molar-refractivity contribution >= 4 is 45.3 Å². The molecular formula is C29H26ClN9O. The molecule has 0 aliphatic heterocycles. The SMILES string of the molecule is CC(C)CC(=O)N(N)c1cncc(-c2cnc3[nH]nc(-c4nc5c(-c6cccc(Cl)c6)cccc5n4N)c3c2)c1. The topological polar surface area (TPSA) is 145 Å². The number of hydrogen-bond donors (Lipinski definition) is 3. The molecule has 10 nitrogen and oxygen atoms in total. The predicted octanol–water partition coefficient (Wildman–Crippen LogP) is 5.32. The number of nitrogens with zero attached hydrogens (tertiary/aromatic N) is 6. The van der Waals surface area contributed by atoms with E-state index in [0.717, 1.165) is 43.7 Å². The summed E-state index contributed by atoms with van der Waals surface area (Å²) in [6, 6.07) is 17.2. The molecule has 0 aliphatic rings. The first-order valence-electron chi connectivity index (χ1n) is 12.7. The van der Waals surface area contributed by atoms with Gasteiger partial charge in [-0.05, 0) is 41.8 Å². The molecule has 1 amide bonds. The van der Waals surface area contributed by atoms with E-state index in [1.54, 1.807) is 18.6 Å². The van der Waals surface area contributed by atoms with E-state index in [2.05, 4.69) is 20.2 Å². The van der Waals surface area contributed by atoms with Crippen LogP contribution < -0.4 is 16.7 Å². The van der Waals surface area contributed by atoms with Gasteiger partial charge in [-0.2, -0.15) is 5.10 Å². The third kappa shape index (κ3) is 4.53. The van der Waals surface area contributed by atoms with Crippen molar-refractivity contribution in [1.82, 2.24) is 29.8 Å². The first-order valence-corrected chi connectivity index (χ1v) is 13.1. The lowest BCUT2D eigenvalue weighted by Crippen LogP contribution is -2.38. The van der Waals surface area contributed by atoms with Crippen LogP contribution in [-0.2, 0) is 4.79 Å². The fraction of sp³-hybridized carbons (Fsp3) is 0.138. The van der Waals surface area contributed by atoms with E-state index in [4.69, 9.17) is 28.3 Å². The number of imidazole rings is 1. The Bertz CT molecular complexity index is 1890. The lowest BCUT2D eigenvalue weighted by Gasteiger charge is -2.18. The van der Waals surface area contributed by atoms with Crippen LogP contribution in [0.3, 0.4) is 0 Å². The largest absolute Gasteiger partial charge is 0.337 e. The molecule has 0 saturated carbocycles. The van der Waals surface area contributed by atoms with E-state index < -0.39 is 0 Å². The number of carbonyl (C=O) groups is 1. The van der Waals surface area contributed by atoms with Crippen molar-refractivity contribution in [3.63, 3.8) is 0 Å². The number of nitrogens with two attached hydrogens (primary N) is 2. The molecule has 0 radical (unpaired) electrons. The van der Waals surface area contributed by atoms with Crippen LogP contribution in [-0.4, -0.2) is 35.7 Å². The van der Waals surface area contributed by atoms with Gasteiger partial charge >= 0.3 is 0 Å². The number of para-hydroxylation sites is 1. The summed E-state index contributed by atoms with van der Waals surface area (Å²) in [4.78, 5) is 26.3. The number of hydrazine groups is 1. The molecule has 4 aromatic heterocycles. The first kappa shape index (κ1) is 25.5. The number of hydrogen-bond acceptors (Lipinski definition) is 7. The Morgan fingerprint density at radius 1 is 1.05 bits per heavy atom. The molecule has 11 heteroatoms. The number of nitrogen functional groups attached to an aromatic ring is 1. The summed E-state index contributed by atoms with van der Waals surface area (Å²) in [5.41, 5.74) is 6.47. The quantitative estimate of drug-likeness (QED) is 0.144. The first-order chi connectivity index (χ1) is 19.3. The van der Waals surface area contributed by atoms with Crippen LogP contribution in [0.4, 0.5) is 5.69 Å². The Labute approximate surface area is 234 Å². The van der Waals surface area contributed by atoms with Gasteiger partial charge in [0.05, 0.1) is 28.3 Å². The third-order valence-corrected chi connectivity index (χ3v) is 6.91. The van der Waals surface area contributed by atoms with Crippen molar-refractivity contribution in [3.05, 3.63) is 78.2 Å². The Morgan fingerprint density at radius 3 is 2.65 bits per heavy atom. The number of aromatic amines is 1. The van der Waals surface area contributed by atoms with Crippen molar-refractivity contribution in [2.24, 2.45) is 11.8 Å². The summed E-state index contributed by atoms with van der Waals surface area (Å²) < 4.78 is 1.53. The lowest BCUT2D eigenvalue weighted by molar-refractivity contribution is -0.119. The van der Waals surface area contributed by atoms with E-state index in [0.29, 0.717) is 34.3 Å². The monoisotopic (exact) mass is 551 g/mol. The van der Waals surface area contributed by atoms with Gasteiger partial charge in [0, 0.05) is 40.5 Å². The number of H-pyrrole nitrogens is 1. The summed E-state index contributed by atoms with van der Waals surface area (Å²) in [7, 11) is 0. The normalized spacial score (nSPS) is 11.5. The minimum Gasteiger partial charge on any atom is -0.337 e. The second-order valence-corrected chi connectivity index (χ2v) is 10.4.